The fourth-order valence-electron chi connectivity index (χ4n) is 3.53. The van der Waals surface area contributed by atoms with Crippen LogP contribution in [0.3, 0.4) is 0 Å². The summed E-state index contributed by atoms with van der Waals surface area (Å²) in [5.74, 6) is -1.11. The van der Waals surface area contributed by atoms with Gasteiger partial charge in [0.15, 0.2) is 0 Å². The fourth-order valence-corrected chi connectivity index (χ4v) is 3.70. The summed E-state index contributed by atoms with van der Waals surface area (Å²) in [7, 11) is 4.45. The number of benzene rings is 2. The molecule has 1 N–H and O–H groups in total. The molecule has 0 aliphatic carbocycles. The molecule has 1 unspecified atom stereocenters. The number of carbonyl (C=O) groups excluding carboxylic acids is 2. The Hall–Kier alpha value is -3.03. The lowest BCUT2D eigenvalue weighted by atomic mass is 9.94. The van der Waals surface area contributed by atoms with Crippen molar-refractivity contribution in [2.75, 3.05) is 34.5 Å². The van der Waals surface area contributed by atoms with Gasteiger partial charge in [0.1, 0.15) is 17.3 Å². The van der Waals surface area contributed by atoms with Gasteiger partial charge in [0.25, 0.3) is 11.7 Å². The molecule has 8 heteroatoms. The molecule has 7 nitrogen and oxygen atoms in total. The van der Waals surface area contributed by atoms with Gasteiger partial charge in [0.2, 0.25) is 0 Å². The van der Waals surface area contributed by atoms with Gasteiger partial charge in [-0.1, -0.05) is 29.8 Å². The Labute approximate surface area is 179 Å². The molecule has 1 saturated heterocycles. The Balaban J connectivity index is 2.27. The minimum absolute atomic E-state index is 0.0684. The first-order valence-electron chi connectivity index (χ1n) is 9.18. The van der Waals surface area contributed by atoms with Crippen LogP contribution in [0.25, 0.3) is 5.76 Å². The average molecular weight is 432 g/mol. The van der Waals surface area contributed by atoms with E-state index < -0.39 is 17.7 Å². The second-order valence-corrected chi connectivity index (χ2v) is 7.01. The fraction of sp³-hybridized carbons (Fsp3) is 0.273. The number of methoxy groups -OCH3 is 3. The van der Waals surface area contributed by atoms with Crippen molar-refractivity contribution in [1.29, 1.82) is 0 Å². The Morgan fingerprint density at radius 3 is 2.43 bits per heavy atom. The largest absolute Gasteiger partial charge is 0.507 e. The van der Waals surface area contributed by atoms with Gasteiger partial charge in [-0.15, -0.1) is 0 Å². The zero-order valence-electron chi connectivity index (χ0n) is 16.8. The SMILES string of the molecule is COCCN1C(=O)C(=O)/C(=C(/O)c2cc(Cl)ccc2OC)C1c1ccccc1OC. The number of carbonyl (C=O) groups is 2. The molecule has 2 aromatic rings. The maximum atomic E-state index is 13.0. The van der Waals surface area contributed by atoms with Gasteiger partial charge in [-0.3, -0.25) is 9.59 Å². The maximum Gasteiger partial charge on any atom is 0.295 e. The van der Waals surface area contributed by atoms with Gasteiger partial charge < -0.3 is 24.2 Å². The molecule has 0 aromatic heterocycles. The number of ether oxygens (including phenoxy) is 3. The van der Waals surface area contributed by atoms with Crippen LogP contribution in [0.2, 0.25) is 5.02 Å². The third-order valence-corrected chi connectivity index (χ3v) is 5.16. The summed E-state index contributed by atoms with van der Waals surface area (Å²) >= 11 is 6.10. The number of Topliss-reactive ketones (excluding diaryl/α,β-unsaturated/α-hetero) is 1. The van der Waals surface area contributed by atoms with Crippen LogP contribution < -0.4 is 9.47 Å². The predicted molar refractivity (Wildman–Crippen MR) is 112 cm³/mol. The standard InChI is InChI=1S/C22H22ClNO6/c1-28-11-10-24-19(14-6-4-5-7-16(14)29-2)18(21(26)22(24)27)20(25)15-12-13(23)8-9-17(15)30-3/h4-9,12,19,25H,10-11H2,1-3H3/b20-18+. The molecule has 1 atom stereocenters. The molecule has 30 heavy (non-hydrogen) atoms. The van der Waals surface area contributed by atoms with Gasteiger partial charge in [0, 0.05) is 24.2 Å². The smallest absolute Gasteiger partial charge is 0.295 e. The molecule has 0 spiro atoms. The number of amides is 1. The van der Waals surface area contributed by atoms with E-state index in [9.17, 15) is 14.7 Å². The summed E-state index contributed by atoms with van der Waals surface area (Å²) in [6, 6.07) is 10.8. The van der Waals surface area contributed by atoms with Crippen LogP contribution in [-0.2, 0) is 14.3 Å². The summed E-state index contributed by atoms with van der Waals surface area (Å²) in [6.45, 7) is 0.381. The van der Waals surface area contributed by atoms with Crippen molar-refractivity contribution in [1.82, 2.24) is 4.90 Å². The highest BCUT2D eigenvalue weighted by Gasteiger charge is 2.47. The van der Waals surface area contributed by atoms with Crippen LogP contribution in [0.1, 0.15) is 17.2 Å². The monoisotopic (exact) mass is 431 g/mol. The van der Waals surface area contributed by atoms with Crippen molar-refractivity contribution >= 4 is 29.1 Å². The van der Waals surface area contributed by atoms with Crippen LogP contribution in [0, 0.1) is 0 Å². The van der Waals surface area contributed by atoms with Crippen LogP contribution in [0.4, 0.5) is 0 Å². The quantitative estimate of drug-likeness (QED) is 0.410. The Morgan fingerprint density at radius 2 is 1.77 bits per heavy atom. The number of para-hydroxylation sites is 1. The molecule has 0 radical (unpaired) electrons. The van der Waals surface area contributed by atoms with Crippen molar-refractivity contribution in [3.8, 4) is 11.5 Å². The van der Waals surface area contributed by atoms with E-state index in [1.165, 1.54) is 32.3 Å². The maximum absolute atomic E-state index is 13.0. The summed E-state index contributed by atoms with van der Waals surface area (Å²) < 4.78 is 15.9. The lowest BCUT2D eigenvalue weighted by Crippen LogP contribution is -2.32. The molecule has 3 rings (SSSR count). The van der Waals surface area contributed by atoms with E-state index in [4.69, 9.17) is 25.8 Å². The van der Waals surface area contributed by atoms with Crippen molar-refractivity contribution in [3.05, 3.63) is 64.2 Å². The van der Waals surface area contributed by atoms with Crippen LogP contribution in [-0.4, -0.2) is 56.2 Å². The highest BCUT2D eigenvalue weighted by atomic mass is 35.5. The Morgan fingerprint density at radius 1 is 1.07 bits per heavy atom. The number of halogens is 1. The highest BCUT2D eigenvalue weighted by molar-refractivity contribution is 6.46. The molecule has 1 fully saturated rings. The van der Waals surface area contributed by atoms with E-state index in [0.717, 1.165) is 0 Å². The first-order valence-corrected chi connectivity index (χ1v) is 9.56. The second-order valence-electron chi connectivity index (χ2n) is 6.57. The van der Waals surface area contributed by atoms with Crippen LogP contribution in [0.5, 0.6) is 11.5 Å². The summed E-state index contributed by atoms with van der Waals surface area (Å²) in [5.41, 5.74) is 0.716. The van der Waals surface area contributed by atoms with E-state index in [-0.39, 0.29) is 30.0 Å². The average Bonchev–Trinajstić information content (AvgIpc) is 3.01. The van der Waals surface area contributed by atoms with Crippen LogP contribution >= 0.6 is 11.6 Å². The van der Waals surface area contributed by atoms with E-state index in [2.05, 4.69) is 0 Å². The lowest BCUT2D eigenvalue weighted by Gasteiger charge is -2.26. The number of aliphatic hydroxyl groups is 1. The molecular formula is C22H22ClNO6. The lowest BCUT2D eigenvalue weighted by molar-refractivity contribution is -0.140. The molecule has 2 aromatic carbocycles. The van der Waals surface area contributed by atoms with Gasteiger partial charge in [0.05, 0.1) is 38.0 Å². The minimum atomic E-state index is -0.861. The molecule has 158 valence electrons. The number of hydrogen-bond acceptors (Lipinski definition) is 6. The predicted octanol–water partition coefficient (Wildman–Crippen LogP) is 3.43. The van der Waals surface area contributed by atoms with Gasteiger partial charge in [-0.2, -0.15) is 0 Å². The third kappa shape index (κ3) is 3.86. The van der Waals surface area contributed by atoms with Gasteiger partial charge in [-0.25, -0.2) is 0 Å². The zero-order chi connectivity index (χ0) is 21.8. The summed E-state index contributed by atoms with van der Waals surface area (Å²) in [6.07, 6.45) is 0. The third-order valence-electron chi connectivity index (χ3n) is 4.93. The highest BCUT2D eigenvalue weighted by Crippen LogP contribution is 2.43. The number of hydrogen-bond donors (Lipinski definition) is 1. The normalized spacial score (nSPS) is 18.0. The molecule has 1 amide bonds. The Kier molecular flexibility index (Phi) is 6.64. The van der Waals surface area contributed by atoms with E-state index in [0.29, 0.717) is 22.1 Å². The molecule has 0 bridgehead atoms. The number of rotatable bonds is 7. The molecule has 1 aliphatic heterocycles. The van der Waals surface area contributed by atoms with Gasteiger partial charge in [-0.05, 0) is 24.3 Å². The van der Waals surface area contributed by atoms with Crippen molar-refractivity contribution in [2.45, 2.75) is 6.04 Å². The number of aliphatic hydroxyl groups excluding tert-OH is 1. The van der Waals surface area contributed by atoms with Crippen molar-refractivity contribution < 1.29 is 28.9 Å². The number of ketones is 1. The number of nitrogens with zero attached hydrogens (tertiary/aromatic N) is 1. The molecule has 1 heterocycles. The van der Waals surface area contributed by atoms with Gasteiger partial charge >= 0.3 is 0 Å². The summed E-state index contributed by atoms with van der Waals surface area (Å²) in [5, 5.41) is 11.5. The van der Waals surface area contributed by atoms with Crippen molar-refractivity contribution in [3.63, 3.8) is 0 Å². The number of likely N-dealkylation sites (tertiary alicyclic amines) is 1. The molecular weight excluding hydrogens is 410 g/mol. The molecule has 0 saturated carbocycles. The van der Waals surface area contributed by atoms with E-state index in [1.807, 2.05) is 0 Å². The molecule has 1 aliphatic rings. The summed E-state index contributed by atoms with van der Waals surface area (Å²) in [4.78, 5) is 27.2. The first kappa shape index (κ1) is 21.7. The zero-order valence-corrected chi connectivity index (χ0v) is 17.6. The first-order chi connectivity index (χ1) is 14.4. The van der Waals surface area contributed by atoms with E-state index >= 15 is 0 Å². The Bertz CT molecular complexity index is 1000. The van der Waals surface area contributed by atoms with Crippen LogP contribution in [0.15, 0.2) is 48.0 Å². The topological polar surface area (TPSA) is 85.3 Å². The second kappa shape index (κ2) is 9.19. The van der Waals surface area contributed by atoms with E-state index in [1.54, 1.807) is 36.4 Å². The minimum Gasteiger partial charge on any atom is -0.507 e. The van der Waals surface area contributed by atoms with Crippen molar-refractivity contribution in [2.24, 2.45) is 0 Å².